The maximum Gasteiger partial charge on any atom is 0.346 e. The van der Waals surface area contributed by atoms with E-state index in [9.17, 15) is 4.79 Å². The predicted octanol–water partition coefficient (Wildman–Crippen LogP) is 1.01. The molecule has 0 aliphatic heterocycles. The van der Waals surface area contributed by atoms with Crippen LogP contribution in [0.15, 0.2) is 12.7 Å². The largest absolute Gasteiger partial charge is 0.465 e. The summed E-state index contributed by atoms with van der Waals surface area (Å²) in [6.45, 7) is 3.43. The summed E-state index contributed by atoms with van der Waals surface area (Å²) in [6.07, 6.45) is 1.47. The minimum absolute atomic E-state index is 0.140. The molecule has 0 bridgehead atoms. The van der Waals surface area contributed by atoms with Gasteiger partial charge in [-0.2, -0.15) is 12.6 Å². The minimum atomic E-state index is -0.519. The summed E-state index contributed by atoms with van der Waals surface area (Å²) in [7, 11) is 1.28. The molecule has 1 unspecified atom stereocenters. The first-order chi connectivity index (χ1) is 4.63. The fourth-order valence-electron chi connectivity index (χ4n) is 0.328. The van der Waals surface area contributed by atoms with Gasteiger partial charge in [-0.25, -0.2) is 4.79 Å². The number of esters is 1. The molecule has 0 aliphatic rings. The van der Waals surface area contributed by atoms with Gasteiger partial charge in [0.25, 0.3) is 0 Å². The van der Waals surface area contributed by atoms with Gasteiger partial charge in [0.1, 0.15) is 4.86 Å². The van der Waals surface area contributed by atoms with E-state index in [0.29, 0.717) is 0 Å². The lowest BCUT2D eigenvalue weighted by Gasteiger charge is -2.03. The Morgan fingerprint density at radius 2 is 2.40 bits per heavy atom. The van der Waals surface area contributed by atoms with Crippen molar-refractivity contribution in [2.75, 3.05) is 7.11 Å². The molecule has 2 nitrogen and oxygen atoms in total. The summed E-state index contributed by atoms with van der Waals surface area (Å²) in [5, 5.41) is -0.387. The second-order valence-corrected chi connectivity index (χ2v) is 2.53. The summed E-state index contributed by atoms with van der Waals surface area (Å²) in [4.78, 5) is 10.8. The summed E-state index contributed by atoms with van der Waals surface area (Å²) in [5.74, 6) is -0.519. The van der Waals surface area contributed by atoms with Crippen LogP contribution in [0.2, 0.25) is 0 Å². The van der Waals surface area contributed by atoms with Crippen molar-refractivity contribution in [3.63, 3.8) is 0 Å². The molecule has 0 aliphatic carbocycles. The SMILES string of the molecule is C=CC(S)C(=S)C(=O)OC. The van der Waals surface area contributed by atoms with Crippen molar-refractivity contribution in [1.29, 1.82) is 0 Å². The predicted molar refractivity (Wildman–Crippen MR) is 47.6 cm³/mol. The van der Waals surface area contributed by atoms with E-state index in [1.54, 1.807) is 0 Å². The number of thiol groups is 1. The van der Waals surface area contributed by atoms with Crippen LogP contribution in [0.1, 0.15) is 0 Å². The number of ether oxygens (including phenoxy) is 1. The number of rotatable bonds is 3. The minimum Gasteiger partial charge on any atom is -0.465 e. The molecule has 0 aromatic rings. The van der Waals surface area contributed by atoms with E-state index < -0.39 is 5.97 Å². The lowest BCUT2D eigenvalue weighted by atomic mass is 10.3. The zero-order chi connectivity index (χ0) is 8.15. The Morgan fingerprint density at radius 3 is 2.70 bits per heavy atom. The highest BCUT2D eigenvalue weighted by molar-refractivity contribution is 7.88. The lowest BCUT2D eigenvalue weighted by molar-refractivity contribution is -0.132. The number of carbonyl (C=O) groups is 1. The smallest absolute Gasteiger partial charge is 0.346 e. The number of thiocarbonyl (C=S) groups is 1. The van der Waals surface area contributed by atoms with Crippen LogP contribution in [0, 0.1) is 0 Å². The zero-order valence-electron chi connectivity index (χ0n) is 5.53. The number of hydrogen-bond donors (Lipinski definition) is 1. The number of carbonyl (C=O) groups excluding carboxylic acids is 1. The molecule has 0 aromatic heterocycles. The van der Waals surface area contributed by atoms with Crippen LogP contribution in [0.4, 0.5) is 0 Å². The van der Waals surface area contributed by atoms with E-state index in [1.165, 1.54) is 13.2 Å². The van der Waals surface area contributed by atoms with E-state index >= 15 is 0 Å². The maximum absolute atomic E-state index is 10.7. The summed E-state index contributed by atoms with van der Waals surface area (Å²) < 4.78 is 4.36. The third-order valence-corrected chi connectivity index (χ3v) is 1.94. The molecule has 0 aromatic carbocycles. The standard InChI is InChI=1S/C6H8O2S2/c1-3-4(9)5(10)6(7)8-2/h3-4,9H,1H2,2H3. The Morgan fingerprint density at radius 1 is 1.90 bits per heavy atom. The second kappa shape index (κ2) is 4.46. The maximum atomic E-state index is 10.7. The highest BCUT2D eigenvalue weighted by atomic mass is 32.1. The first-order valence-electron chi connectivity index (χ1n) is 2.56. The Labute approximate surface area is 70.7 Å². The average molecular weight is 176 g/mol. The first-order valence-corrected chi connectivity index (χ1v) is 3.48. The summed E-state index contributed by atoms with van der Waals surface area (Å²) in [5.41, 5.74) is 0. The zero-order valence-corrected chi connectivity index (χ0v) is 7.24. The molecule has 1 atom stereocenters. The van der Waals surface area contributed by atoms with Gasteiger partial charge in [0, 0.05) is 0 Å². The molecule has 0 spiro atoms. The summed E-state index contributed by atoms with van der Waals surface area (Å²) >= 11 is 8.63. The van der Waals surface area contributed by atoms with Gasteiger partial charge in [0.2, 0.25) is 0 Å². The Bertz CT molecular complexity index is 165. The van der Waals surface area contributed by atoms with Crippen LogP contribution in [-0.4, -0.2) is 23.2 Å². The van der Waals surface area contributed by atoms with Crippen LogP contribution in [-0.2, 0) is 9.53 Å². The molecular formula is C6H8O2S2. The van der Waals surface area contributed by atoms with Crippen molar-refractivity contribution < 1.29 is 9.53 Å². The molecule has 0 heterocycles. The molecule has 0 rings (SSSR count). The van der Waals surface area contributed by atoms with Crippen LogP contribution < -0.4 is 0 Å². The van der Waals surface area contributed by atoms with Gasteiger partial charge in [-0.15, -0.1) is 6.58 Å². The lowest BCUT2D eigenvalue weighted by Crippen LogP contribution is -2.21. The second-order valence-electron chi connectivity index (χ2n) is 1.54. The molecule has 0 N–H and O–H groups in total. The molecule has 0 fully saturated rings. The van der Waals surface area contributed by atoms with Crippen molar-refractivity contribution in [1.82, 2.24) is 0 Å². The van der Waals surface area contributed by atoms with Crippen LogP contribution in [0.5, 0.6) is 0 Å². The molecule has 0 saturated carbocycles. The van der Waals surface area contributed by atoms with Crippen molar-refractivity contribution in [3.05, 3.63) is 12.7 Å². The molecular weight excluding hydrogens is 168 g/mol. The van der Waals surface area contributed by atoms with Gasteiger partial charge in [0.15, 0.2) is 0 Å². The Kier molecular flexibility index (Phi) is 4.31. The van der Waals surface area contributed by atoms with E-state index in [1.807, 2.05) is 0 Å². The van der Waals surface area contributed by atoms with E-state index in [0.717, 1.165) is 0 Å². The van der Waals surface area contributed by atoms with Crippen molar-refractivity contribution in [3.8, 4) is 0 Å². The Balaban J connectivity index is 4.07. The van der Waals surface area contributed by atoms with Gasteiger partial charge < -0.3 is 4.74 Å². The highest BCUT2D eigenvalue weighted by Gasteiger charge is 2.14. The van der Waals surface area contributed by atoms with Crippen LogP contribution >= 0.6 is 24.8 Å². The van der Waals surface area contributed by atoms with Gasteiger partial charge in [-0.05, 0) is 0 Å². The molecule has 4 heteroatoms. The fraction of sp³-hybridized carbons (Fsp3) is 0.333. The van der Waals surface area contributed by atoms with Crippen LogP contribution in [0.25, 0.3) is 0 Å². The topological polar surface area (TPSA) is 26.3 Å². The fourth-order valence-corrected chi connectivity index (χ4v) is 0.613. The normalized spacial score (nSPS) is 11.8. The molecule has 0 radical (unpaired) electrons. The highest BCUT2D eigenvalue weighted by Crippen LogP contribution is 2.00. The number of methoxy groups -OCH3 is 1. The van der Waals surface area contributed by atoms with Crippen molar-refractivity contribution in [2.45, 2.75) is 5.25 Å². The summed E-state index contributed by atoms with van der Waals surface area (Å²) in [6, 6.07) is 0. The van der Waals surface area contributed by atoms with Gasteiger partial charge in [0.05, 0.1) is 12.4 Å². The van der Waals surface area contributed by atoms with Crippen LogP contribution in [0.3, 0.4) is 0 Å². The third-order valence-electron chi connectivity index (χ3n) is 0.878. The first kappa shape index (κ1) is 9.65. The molecule has 0 saturated heterocycles. The van der Waals surface area contributed by atoms with E-state index in [4.69, 9.17) is 0 Å². The molecule has 10 heavy (non-hydrogen) atoms. The van der Waals surface area contributed by atoms with Crippen molar-refractivity contribution >= 4 is 35.7 Å². The van der Waals surface area contributed by atoms with Crippen molar-refractivity contribution in [2.24, 2.45) is 0 Å². The van der Waals surface area contributed by atoms with E-state index in [-0.39, 0.29) is 10.1 Å². The van der Waals surface area contributed by atoms with Gasteiger partial charge >= 0.3 is 5.97 Å². The quantitative estimate of drug-likeness (QED) is 0.301. The number of hydrogen-bond acceptors (Lipinski definition) is 4. The average Bonchev–Trinajstić information content (AvgIpc) is 2.00. The Hall–Kier alpha value is -0.350. The van der Waals surface area contributed by atoms with Gasteiger partial charge in [-0.1, -0.05) is 18.3 Å². The molecule has 0 amide bonds. The molecule has 56 valence electrons. The van der Waals surface area contributed by atoms with E-state index in [2.05, 4.69) is 36.2 Å². The monoisotopic (exact) mass is 176 g/mol. The third kappa shape index (κ3) is 2.49. The van der Waals surface area contributed by atoms with Gasteiger partial charge in [-0.3, -0.25) is 0 Å².